The van der Waals surface area contributed by atoms with E-state index in [9.17, 15) is 0 Å². The van der Waals surface area contributed by atoms with E-state index in [0.717, 1.165) is 24.4 Å². The first-order valence-electron chi connectivity index (χ1n) is 6.14. The Morgan fingerprint density at radius 2 is 2.40 bits per heavy atom. The molecule has 3 nitrogen and oxygen atoms in total. The van der Waals surface area contributed by atoms with Crippen LogP contribution >= 0.6 is 0 Å². The van der Waals surface area contributed by atoms with Gasteiger partial charge >= 0.3 is 0 Å². The van der Waals surface area contributed by atoms with Gasteiger partial charge in [-0.15, -0.1) is 0 Å². The first-order valence-corrected chi connectivity index (χ1v) is 6.14. The van der Waals surface area contributed by atoms with E-state index < -0.39 is 0 Å². The summed E-state index contributed by atoms with van der Waals surface area (Å²) in [6.45, 7) is 3.08. The van der Waals surface area contributed by atoms with E-state index in [1.807, 2.05) is 10.9 Å². The zero-order valence-corrected chi connectivity index (χ0v) is 9.32. The van der Waals surface area contributed by atoms with Gasteiger partial charge in [-0.1, -0.05) is 6.42 Å². The lowest BCUT2D eigenvalue weighted by Crippen LogP contribution is -2.25. The molecule has 0 aromatic carbocycles. The Balaban J connectivity index is 1.65. The molecular formula is C12H19N3. The van der Waals surface area contributed by atoms with Crippen LogP contribution < -0.4 is 5.32 Å². The maximum Gasteiger partial charge on any atom is 0.0728 e. The Kier molecular flexibility index (Phi) is 2.19. The topological polar surface area (TPSA) is 29.9 Å². The number of aryl methyl sites for hydroxylation is 1. The minimum atomic E-state index is 0.721. The van der Waals surface area contributed by atoms with Crippen LogP contribution in [0.5, 0.6) is 0 Å². The van der Waals surface area contributed by atoms with E-state index in [4.69, 9.17) is 0 Å². The van der Waals surface area contributed by atoms with Crippen LogP contribution in [0.25, 0.3) is 0 Å². The van der Waals surface area contributed by atoms with Gasteiger partial charge in [0.05, 0.1) is 11.9 Å². The third kappa shape index (κ3) is 1.64. The summed E-state index contributed by atoms with van der Waals surface area (Å²) in [7, 11) is 0. The molecule has 0 radical (unpaired) electrons. The van der Waals surface area contributed by atoms with Crippen LogP contribution in [0.1, 0.15) is 32.6 Å². The zero-order chi connectivity index (χ0) is 10.3. The molecule has 1 N–H and O–H groups in total. The summed E-state index contributed by atoms with van der Waals surface area (Å²) in [5, 5.41) is 7.94. The number of rotatable bonds is 3. The molecule has 15 heavy (non-hydrogen) atoms. The number of hydrogen-bond acceptors (Lipinski definition) is 2. The molecule has 0 saturated heterocycles. The van der Waals surface area contributed by atoms with E-state index in [1.165, 1.54) is 31.4 Å². The van der Waals surface area contributed by atoms with Crippen molar-refractivity contribution in [2.24, 2.45) is 11.8 Å². The van der Waals surface area contributed by atoms with Crippen LogP contribution in [0.2, 0.25) is 0 Å². The summed E-state index contributed by atoms with van der Waals surface area (Å²) in [5.41, 5.74) is 1.20. The molecule has 0 spiro atoms. The summed E-state index contributed by atoms with van der Waals surface area (Å²) in [4.78, 5) is 0. The quantitative estimate of drug-likeness (QED) is 0.821. The molecule has 2 saturated carbocycles. The zero-order valence-electron chi connectivity index (χ0n) is 9.32. The summed E-state index contributed by atoms with van der Waals surface area (Å²) >= 11 is 0. The number of hydrogen-bond donors (Lipinski definition) is 1. The van der Waals surface area contributed by atoms with Gasteiger partial charge in [0.2, 0.25) is 0 Å². The van der Waals surface area contributed by atoms with E-state index in [-0.39, 0.29) is 0 Å². The molecular weight excluding hydrogens is 186 g/mol. The van der Waals surface area contributed by atoms with Crippen LogP contribution in [0.15, 0.2) is 12.4 Å². The highest BCUT2D eigenvalue weighted by Crippen LogP contribution is 2.45. The number of anilines is 1. The Morgan fingerprint density at radius 1 is 1.47 bits per heavy atom. The smallest absolute Gasteiger partial charge is 0.0728 e. The standard InChI is InChI=1S/C12H19N3/c1-2-15-8-11(7-13-15)14-12-6-9-3-4-10(12)5-9/h7-10,12,14H,2-6H2,1H3/t9-,10+,12+/m0/s1. The van der Waals surface area contributed by atoms with E-state index in [2.05, 4.69) is 23.5 Å². The third-order valence-corrected chi connectivity index (χ3v) is 4.05. The van der Waals surface area contributed by atoms with Crippen LogP contribution in [0.3, 0.4) is 0 Å². The average molecular weight is 205 g/mol. The summed E-state index contributed by atoms with van der Waals surface area (Å²) in [6.07, 6.45) is 9.81. The van der Waals surface area contributed by atoms with Crippen LogP contribution in [-0.2, 0) is 6.54 Å². The Hall–Kier alpha value is -0.990. The molecule has 3 atom stereocenters. The van der Waals surface area contributed by atoms with Crippen molar-refractivity contribution in [2.45, 2.75) is 45.2 Å². The molecule has 1 aromatic rings. The maximum absolute atomic E-state index is 4.29. The van der Waals surface area contributed by atoms with Gasteiger partial charge in [0.1, 0.15) is 0 Å². The van der Waals surface area contributed by atoms with Gasteiger partial charge in [-0.05, 0) is 38.0 Å². The number of fused-ring (bicyclic) bond motifs is 2. The van der Waals surface area contributed by atoms with Crippen molar-refractivity contribution in [2.75, 3.05) is 5.32 Å². The predicted octanol–water partition coefficient (Wildman–Crippen LogP) is 2.50. The van der Waals surface area contributed by atoms with Gasteiger partial charge in [-0.25, -0.2) is 0 Å². The largest absolute Gasteiger partial charge is 0.379 e. The highest BCUT2D eigenvalue weighted by atomic mass is 15.3. The van der Waals surface area contributed by atoms with Gasteiger partial charge in [0.15, 0.2) is 0 Å². The molecule has 3 heteroatoms. The summed E-state index contributed by atoms with van der Waals surface area (Å²) in [5.74, 6) is 1.94. The van der Waals surface area contributed by atoms with Gasteiger partial charge in [0.25, 0.3) is 0 Å². The van der Waals surface area contributed by atoms with E-state index >= 15 is 0 Å². The molecule has 82 valence electrons. The number of nitrogens with zero attached hydrogens (tertiary/aromatic N) is 2. The SMILES string of the molecule is CCn1cc(N[C@@H]2C[C@H]3CC[C@@H]2C3)cn1. The molecule has 0 amide bonds. The van der Waals surface area contributed by atoms with Crippen molar-refractivity contribution in [3.63, 3.8) is 0 Å². The molecule has 2 aliphatic rings. The van der Waals surface area contributed by atoms with Crippen LogP contribution in [0.4, 0.5) is 5.69 Å². The lowest BCUT2D eigenvalue weighted by molar-refractivity contribution is 0.440. The fourth-order valence-corrected chi connectivity index (χ4v) is 3.25. The number of aromatic nitrogens is 2. The molecule has 0 unspecified atom stereocenters. The monoisotopic (exact) mass is 205 g/mol. The van der Waals surface area contributed by atoms with Crippen LogP contribution in [0, 0.1) is 11.8 Å². The molecule has 2 aliphatic carbocycles. The highest BCUT2D eigenvalue weighted by molar-refractivity contribution is 5.40. The fourth-order valence-electron chi connectivity index (χ4n) is 3.25. The highest BCUT2D eigenvalue weighted by Gasteiger charge is 2.39. The van der Waals surface area contributed by atoms with Gasteiger partial charge in [0, 0.05) is 18.8 Å². The van der Waals surface area contributed by atoms with Crippen molar-refractivity contribution < 1.29 is 0 Å². The van der Waals surface area contributed by atoms with Crippen LogP contribution in [-0.4, -0.2) is 15.8 Å². The normalized spacial score (nSPS) is 33.5. The van der Waals surface area contributed by atoms with Crippen molar-refractivity contribution in [1.82, 2.24) is 9.78 Å². The lowest BCUT2D eigenvalue weighted by atomic mass is 9.95. The first-order chi connectivity index (χ1) is 7.35. The van der Waals surface area contributed by atoms with Gasteiger partial charge in [-0.3, -0.25) is 4.68 Å². The Labute approximate surface area is 90.9 Å². The first kappa shape index (κ1) is 9.25. The average Bonchev–Trinajstić information content (AvgIpc) is 2.92. The Bertz CT molecular complexity index is 344. The summed E-state index contributed by atoms with van der Waals surface area (Å²) in [6, 6.07) is 0.721. The number of nitrogens with one attached hydrogen (secondary N) is 1. The molecule has 1 heterocycles. The predicted molar refractivity (Wildman–Crippen MR) is 60.8 cm³/mol. The lowest BCUT2D eigenvalue weighted by Gasteiger charge is -2.22. The maximum atomic E-state index is 4.29. The second kappa shape index (κ2) is 3.54. The molecule has 0 aliphatic heterocycles. The molecule has 3 rings (SSSR count). The van der Waals surface area contributed by atoms with Crippen molar-refractivity contribution in [1.29, 1.82) is 0 Å². The third-order valence-electron chi connectivity index (χ3n) is 4.05. The second-order valence-electron chi connectivity index (χ2n) is 5.01. The summed E-state index contributed by atoms with van der Waals surface area (Å²) < 4.78 is 1.98. The molecule has 2 fully saturated rings. The minimum Gasteiger partial charge on any atom is -0.379 e. The fraction of sp³-hybridized carbons (Fsp3) is 0.750. The van der Waals surface area contributed by atoms with E-state index in [1.54, 1.807) is 0 Å². The van der Waals surface area contributed by atoms with Gasteiger partial charge in [-0.2, -0.15) is 5.10 Å². The molecule has 2 bridgehead atoms. The van der Waals surface area contributed by atoms with E-state index in [0.29, 0.717) is 0 Å². The van der Waals surface area contributed by atoms with Crippen molar-refractivity contribution >= 4 is 5.69 Å². The Morgan fingerprint density at radius 3 is 3.00 bits per heavy atom. The molecule has 1 aromatic heterocycles. The van der Waals surface area contributed by atoms with Crippen molar-refractivity contribution in [3.8, 4) is 0 Å². The van der Waals surface area contributed by atoms with Gasteiger partial charge < -0.3 is 5.32 Å². The minimum absolute atomic E-state index is 0.721. The van der Waals surface area contributed by atoms with Crippen molar-refractivity contribution in [3.05, 3.63) is 12.4 Å². The second-order valence-corrected chi connectivity index (χ2v) is 5.01.